The average Bonchev–Trinajstić information content (AvgIpc) is 2.48. The summed E-state index contributed by atoms with van der Waals surface area (Å²) in [4.78, 5) is 22.4. The van der Waals surface area contributed by atoms with Crippen LogP contribution in [0.4, 0.5) is 0 Å². The van der Waals surface area contributed by atoms with Crippen molar-refractivity contribution >= 4 is 11.9 Å². The zero-order valence-corrected chi connectivity index (χ0v) is 11.8. The first-order chi connectivity index (χ1) is 9.95. The van der Waals surface area contributed by atoms with Crippen LogP contribution >= 0.6 is 0 Å². The second-order valence-corrected chi connectivity index (χ2v) is 4.50. The highest BCUT2D eigenvalue weighted by Crippen LogP contribution is 2.11. The Labute approximate surface area is 123 Å². The van der Waals surface area contributed by atoms with Crippen molar-refractivity contribution in [3.8, 4) is 6.07 Å². The van der Waals surface area contributed by atoms with Crippen LogP contribution in [0.2, 0.25) is 0 Å². The van der Waals surface area contributed by atoms with E-state index in [1.54, 1.807) is 6.07 Å². The first-order valence-corrected chi connectivity index (χ1v) is 6.40. The molecule has 6 nitrogen and oxygen atoms in total. The smallest absolute Gasteiger partial charge is 0.325 e. The van der Waals surface area contributed by atoms with Crippen LogP contribution in [0.25, 0.3) is 0 Å². The summed E-state index contributed by atoms with van der Waals surface area (Å²) in [5.74, 6) is -1.88. The number of amides is 1. The van der Waals surface area contributed by atoms with Gasteiger partial charge in [-0.1, -0.05) is 30.3 Å². The first-order valence-electron chi connectivity index (χ1n) is 6.40. The van der Waals surface area contributed by atoms with Gasteiger partial charge < -0.3 is 15.7 Å². The number of hydrogen-bond donors (Lipinski definition) is 3. The Morgan fingerprint density at radius 3 is 2.43 bits per heavy atom. The zero-order valence-electron chi connectivity index (χ0n) is 11.8. The number of carbonyl (C=O) groups is 2. The van der Waals surface area contributed by atoms with Crippen LogP contribution in [0.15, 0.2) is 42.1 Å². The third-order valence-corrected chi connectivity index (χ3v) is 2.86. The normalized spacial score (nSPS) is 13.7. The summed E-state index contributed by atoms with van der Waals surface area (Å²) < 4.78 is 0. The minimum absolute atomic E-state index is 0.0840. The van der Waals surface area contributed by atoms with Gasteiger partial charge >= 0.3 is 5.97 Å². The van der Waals surface area contributed by atoms with E-state index < -0.39 is 17.9 Å². The quantitative estimate of drug-likeness (QED) is 0.541. The number of carboxylic acid groups (broad SMARTS) is 1. The van der Waals surface area contributed by atoms with Gasteiger partial charge in [0.1, 0.15) is 17.7 Å². The van der Waals surface area contributed by atoms with Gasteiger partial charge in [-0.3, -0.25) is 9.59 Å². The average molecular weight is 287 g/mol. The van der Waals surface area contributed by atoms with E-state index in [0.29, 0.717) is 0 Å². The minimum Gasteiger partial charge on any atom is -0.480 e. The topological polar surface area (TPSA) is 102 Å². The van der Waals surface area contributed by atoms with Gasteiger partial charge in [0, 0.05) is 12.2 Å². The Balaban J connectivity index is 2.70. The molecule has 0 spiro atoms. The Morgan fingerprint density at radius 1 is 1.29 bits per heavy atom. The Bertz CT molecular complexity index is 576. The van der Waals surface area contributed by atoms with E-state index in [-0.39, 0.29) is 11.6 Å². The highest BCUT2D eigenvalue weighted by Gasteiger charge is 2.17. The molecule has 0 aliphatic rings. The van der Waals surface area contributed by atoms with Crippen LogP contribution in [0.1, 0.15) is 25.5 Å². The van der Waals surface area contributed by atoms with Crippen LogP contribution in [0, 0.1) is 11.3 Å². The van der Waals surface area contributed by atoms with E-state index in [9.17, 15) is 9.59 Å². The molecule has 1 rings (SSSR count). The SMILES string of the molecule is CC(NC(=O)/C(C#N)=C\NC(C)c1ccccc1)C(=O)O. The molecular formula is C15H17N3O3. The molecule has 6 heteroatoms. The van der Waals surface area contributed by atoms with Gasteiger partial charge in [0.2, 0.25) is 0 Å². The molecule has 0 aromatic heterocycles. The molecule has 1 amide bonds. The van der Waals surface area contributed by atoms with Crippen molar-refractivity contribution in [1.82, 2.24) is 10.6 Å². The summed E-state index contributed by atoms with van der Waals surface area (Å²) in [7, 11) is 0. The molecule has 1 aromatic rings. The van der Waals surface area contributed by atoms with Crippen molar-refractivity contribution in [2.24, 2.45) is 0 Å². The summed E-state index contributed by atoms with van der Waals surface area (Å²) in [5, 5.41) is 22.8. The second-order valence-electron chi connectivity index (χ2n) is 4.50. The summed E-state index contributed by atoms with van der Waals surface area (Å²) in [6, 6.07) is 10.1. The van der Waals surface area contributed by atoms with Gasteiger partial charge in [-0.05, 0) is 19.4 Å². The first kappa shape index (κ1) is 16.2. The molecule has 2 unspecified atom stereocenters. The largest absolute Gasteiger partial charge is 0.480 e. The molecule has 3 N–H and O–H groups in total. The fraction of sp³-hybridized carbons (Fsp3) is 0.267. The van der Waals surface area contributed by atoms with Gasteiger partial charge in [0.05, 0.1) is 0 Å². The maximum Gasteiger partial charge on any atom is 0.325 e. The predicted octanol–water partition coefficient (Wildman–Crippen LogP) is 1.33. The molecule has 2 atom stereocenters. The third kappa shape index (κ3) is 4.99. The Kier molecular flexibility index (Phi) is 5.96. The fourth-order valence-corrected chi connectivity index (χ4v) is 1.53. The summed E-state index contributed by atoms with van der Waals surface area (Å²) in [6.07, 6.45) is 1.29. The summed E-state index contributed by atoms with van der Waals surface area (Å²) >= 11 is 0. The van der Waals surface area contributed by atoms with E-state index in [1.807, 2.05) is 37.3 Å². The van der Waals surface area contributed by atoms with Crippen molar-refractivity contribution in [1.29, 1.82) is 5.26 Å². The lowest BCUT2D eigenvalue weighted by molar-refractivity contribution is -0.140. The highest BCUT2D eigenvalue weighted by molar-refractivity contribution is 5.99. The van der Waals surface area contributed by atoms with E-state index in [2.05, 4.69) is 10.6 Å². The fourth-order valence-electron chi connectivity index (χ4n) is 1.53. The minimum atomic E-state index is -1.16. The van der Waals surface area contributed by atoms with Crippen molar-refractivity contribution in [3.63, 3.8) is 0 Å². The van der Waals surface area contributed by atoms with E-state index in [0.717, 1.165) is 5.56 Å². The number of hydrogen-bond acceptors (Lipinski definition) is 4. The van der Waals surface area contributed by atoms with Crippen molar-refractivity contribution in [2.45, 2.75) is 25.9 Å². The zero-order chi connectivity index (χ0) is 15.8. The number of nitrogens with one attached hydrogen (secondary N) is 2. The number of carboxylic acids is 1. The van der Waals surface area contributed by atoms with Gasteiger partial charge in [0.25, 0.3) is 5.91 Å². The molecule has 110 valence electrons. The van der Waals surface area contributed by atoms with Gasteiger partial charge in [-0.15, -0.1) is 0 Å². The number of benzene rings is 1. The number of rotatable bonds is 6. The molecule has 21 heavy (non-hydrogen) atoms. The standard InChI is InChI=1S/C15H17N3O3/c1-10(12-6-4-3-5-7-12)17-9-13(8-16)14(19)18-11(2)15(20)21/h3-7,9-11,17H,1-2H3,(H,18,19)(H,20,21)/b13-9-. The van der Waals surface area contributed by atoms with E-state index in [1.165, 1.54) is 13.1 Å². The van der Waals surface area contributed by atoms with Gasteiger partial charge in [0.15, 0.2) is 0 Å². The lowest BCUT2D eigenvalue weighted by atomic mass is 10.1. The van der Waals surface area contributed by atoms with Crippen LogP contribution in [-0.2, 0) is 9.59 Å². The van der Waals surface area contributed by atoms with Crippen molar-refractivity contribution in [2.75, 3.05) is 0 Å². The van der Waals surface area contributed by atoms with Crippen LogP contribution < -0.4 is 10.6 Å². The molecule has 1 aromatic carbocycles. The number of carbonyl (C=O) groups excluding carboxylic acids is 1. The maximum atomic E-state index is 11.7. The van der Waals surface area contributed by atoms with Crippen LogP contribution in [0.5, 0.6) is 0 Å². The predicted molar refractivity (Wildman–Crippen MR) is 76.9 cm³/mol. The van der Waals surface area contributed by atoms with Crippen molar-refractivity contribution in [3.05, 3.63) is 47.7 Å². The number of nitrogens with zero attached hydrogens (tertiary/aromatic N) is 1. The monoisotopic (exact) mass is 287 g/mol. The van der Waals surface area contributed by atoms with Crippen LogP contribution in [0.3, 0.4) is 0 Å². The Hall–Kier alpha value is -2.81. The molecule has 0 bridgehead atoms. The summed E-state index contributed by atoms with van der Waals surface area (Å²) in [5.41, 5.74) is 0.830. The summed E-state index contributed by atoms with van der Waals surface area (Å²) in [6.45, 7) is 3.22. The Morgan fingerprint density at radius 2 is 1.90 bits per heavy atom. The molecule has 0 radical (unpaired) electrons. The molecule has 0 saturated heterocycles. The third-order valence-electron chi connectivity index (χ3n) is 2.86. The van der Waals surface area contributed by atoms with Crippen LogP contribution in [-0.4, -0.2) is 23.0 Å². The molecule has 0 saturated carbocycles. The molecule has 0 fully saturated rings. The molecule has 0 aliphatic heterocycles. The van der Waals surface area contributed by atoms with Crippen molar-refractivity contribution < 1.29 is 14.7 Å². The van der Waals surface area contributed by atoms with E-state index >= 15 is 0 Å². The maximum absolute atomic E-state index is 11.7. The number of aliphatic carboxylic acids is 1. The van der Waals surface area contributed by atoms with Gasteiger partial charge in [-0.25, -0.2) is 0 Å². The lowest BCUT2D eigenvalue weighted by Crippen LogP contribution is -2.39. The van der Waals surface area contributed by atoms with Gasteiger partial charge in [-0.2, -0.15) is 5.26 Å². The molecule has 0 heterocycles. The second kappa shape index (κ2) is 7.70. The molecule has 0 aliphatic carbocycles. The highest BCUT2D eigenvalue weighted by atomic mass is 16.4. The number of nitriles is 1. The molecular weight excluding hydrogens is 270 g/mol. The van der Waals surface area contributed by atoms with E-state index in [4.69, 9.17) is 10.4 Å². The lowest BCUT2D eigenvalue weighted by Gasteiger charge is -2.13.